The van der Waals surface area contributed by atoms with Crippen LogP contribution in [0, 0.1) is 13.8 Å². The normalized spacial score (nSPS) is 17.1. The molecule has 3 heterocycles. The fourth-order valence-corrected chi connectivity index (χ4v) is 7.07. The van der Waals surface area contributed by atoms with E-state index in [4.69, 9.17) is 0 Å². The fourth-order valence-electron chi connectivity index (χ4n) is 2.55. The highest BCUT2D eigenvalue weighted by atomic mass is 32.2. The van der Waals surface area contributed by atoms with Gasteiger partial charge in [-0.3, -0.25) is 4.79 Å². The van der Waals surface area contributed by atoms with Gasteiger partial charge in [0, 0.05) is 21.7 Å². The summed E-state index contributed by atoms with van der Waals surface area (Å²) >= 11 is 2.86. The van der Waals surface area contributed by atoms with E-state index in [1.807, 2.05) is 20.8 Å². The largest absolute Gasteiger partial charge is 0.277 e. The van der Waals surface area contributed by atoms with Gasteiger partial charge in [0.05, 0.1) is 10.3 Å². The van der Waals surface area contributed by atoms with Crippen LogP contribution in [0.15, 0.2) is 4.21 Å². The highest BCUT2D eigenvalue weighted by Crippen LogP contribution is 2.47. The minimum Gasteiger partial charge on any atom is -0.268 e. The molecule has 20 heavy (non-hydrogen) atoms. The summed E-state index contributed by atoms with van der Waals surface area (Å²) < 4.78 is 27.3. The number of nitrogens with zero attached hydrogens (tertiary/aromatic N) is 1. The molecule has 0 N–H and O–H groups in total. The second-order valence-corrected chi connectivity index (χ2v) is 9.43. The monoisotopic (exact) mass is 329 g/mol. The zero-order valence-electron chi connectivity index (χ0n) is 11.5. The van der Waals surface area contributed by atoms with Crippen LogP contribution in [-0.4, -0.2) is 25.2 Å². The zero-order valence-corrected chi connectivity index (χ0v) is 14.0. The van der Waals surface area contributed by atoms with Crippen molar-refractivity contribution in [1.82, 2.24) is 4.31 Å². The fraction of sp³-hybridized carbons (Fsp3) is 0.462. The summed E-state index contributed by atoms with van der Waals surface area (Å²) in [5.74, 6) is -0.347. The van der Waals surface area contributed by atoms with Gasteiger partial charge < -0.3 is 0 Å². The third kappa shape index (κ3) is 1.69. The molecule has 0 atom stereocenters. The summed E-state index contributed by atoms with van der Waals surface area (Å²) in [6.45, 7) is 6.18. The molecule has 4 nitrogen and oxygen atoms in total. The van der Waals surface area contributed by atoms with Gasteiger partial charge in [0.2, 0.25) is 0 Å². The predicted octanol–water partition coefficient (Wildman–Crippen LogP) is 3.52. The van der Waals surface area contributed by atoms with Crippen molar-refractivity contribution in [3.63, 3.8) is 0 Å². The average molecular weight is 329 g/mol. The second kappa shape index (κ2) is 4.54. The van der Waals surface area contributed by atoms with Gasteiger partial charge in [0.15, 0.2) is 4.21 Å². The van der Waals surface area contributed by atoms with Crippen molar-refractivity contribution in [2.24, 2.45) is 0 Å². The summed E-state index contributed by atoms with van der Waals surface area (Å²) in [6, 6.07) is 0. The molecule has 0 bridgehead atoms. The van der Waals surface area contributed by atoms with Crippen LogP contribution >= 0.6 is 22.7 Å². The van der Waals surface area contributed by atoms with Crippen LogP contribution in [0.25, 0.3) is 10.1 Å². The van der Waals surface area contributed by atoms with Crippen LogP contribution in [0.1, 0.15) is 39.9 Å². The first kappa shape index (κ1) is 14.0. The van der Waals surface area contributed by atoms with E-state index < -0.39 is 10.0 Å². The summed E-state index contributed by atoms with van der Waals surface area (Å²) in [6.07, 6.45) is 1.56. The van der Waals surface area contributed by atoms with Crippen molar-refractivity contribution in [2.75, 3.05) is 6.54 Å². The van der Waals surface area contributed by atoms with E-state index in [2.05, 4.69) is 0 Å². The summed E-state index contributed by atoms with van der Waals surface area (Å²) in [7, 11) is -3.63. The molecular weight excluding hydrogens is 314 g/mol. The predicted molar refractivity (Wildman–Crippen MR) is 82.3 cm³/mol. The number of carbonyl (C=O) groups is 1. The maximum Gasteiger partial charge on any atom is 0.277 e. The van der Waals surface area contributed by atoms with E-state index in [0.717, 1.165) is 30.6 Å². The van der Waals surface area contributed by atoms with Crippen LogP contribution in [0.5, 0.6) is 0 Å². The van der Waals surface area contributed by atoms with E-state index in [1.54, 1.807) is 11.3 Å². The summed E-state index contributed by atoms with van der Waals surface area (Å²) in [5.41, 5.74) is 0.406. The molecule has 1 aliphatic rings. The van der Waals surface area contributed by atoms with Crippen molar-refractivity contribution in [2.45, 2.75) is 37.8 Å². The molecule has 0 fully saturated rings. The lowest BCUT2D eigenvalue weighted by Gasteiger charge is -2.14. The number of carbonyl (C=O) groups excluding carboxylic acids is 1. The van der Waals surface area contributed by atoms with Gasteiger partial charge in [0.1, 0.15) is 0 Å². The van der Waals surface area contributed by atoms with Crippen molar-refractivity contribution < 1.29 is 13.2 Å². The van der Waals surface area contributed by atoms with Crippen LogP contribution in [-0.2, 0) is 10.0 Å². The molecule has 3 rings (SSSR count). The number of amides is 1. The van der Waals surface area contributed by atoms with Crippen LogP contribution in [0.3, 0.4) is 0 Å². The second-order valence-electron chi connectivity index (χ2n) is 4.92. The molecule has 1 amide bonds. The third-order valence-corrected chi connectivity index (χ3v) is 8.27. The maximum absolute atomic E-state index is 12.5. The molecule has 2 aromatic rings. The van der Waals surface area contributed by atoms with Gasteiger partial charge in [0.25, 0.3) is 15.9 Å². The Balaban J connectivity index is 2.24. The van der Waals surface area contributed by atoms with Crippen molar-refractivity contribution in [3.8, 4) is 0 Å². The Bertz CT molecular complexity index is 814. The number of hydrogen-bond acceptors (Lipinski definition) is 5. The summed E-state index contributed by atoms with van der Waals surface area (Å²) in [5, 5.41) is 0.847. The topological polar surface area (TPSA) is 54.5 Å². The Hall–Kier alpha value is -0.920. The van der Waals surface area contributed by atoms with Crippen LogP contribution in [0.2, 0.25) is 0 Å². The molecule has 0 unspecified atom stereocenters. The van der Waals surface area contributed by atoms with Gasteiger partial charge in [-0.25, -0.2) is 12.7 Å². The number of fused-ring (bicyclic) bond motifs is 3. The average Bonchev–Trinajstić information content (AvgIpc) is 2.94. The molecule has 0 spiro atoms. The first-order chi connectivity index (χ1) is 9.39. The lowest BCUT2D eigenvalue weighted by molar-refractivity contribution is 0.0872. The van der Waals surface area contributed by atoms with Crippen molar-refractivity contribution in [3.05, 3.63) is 15.3 Å². The van der Waals surface area contributed by atoms with E-state index in [1.165, 1.54) is 11.3 Å². The summed E-state index contributed by atoms with van der Waals surface area (Å²) in [4.78, 5) is 14.6. The van der Waals surface area contributed by atoms with E-state index >= 15 is 0 Å². The minimum atomic E-state index is -3.63. The number of aryl methyl sites for hydroxylation is 2. The van der Waals surface area contributed by atoms with E-state index in [9.17, 15) is 13.2 Å². The first-order valence-electron chi connectivity index (χ1n) is 6.49. The van der Waals surface area contributed by atoms with E-state index in [-0.39, 0.29) is 16.7 Å². The maximum atomic E-state index is 12.5. The van der Waals surface area contributed by atoms with Crippen LogP contribution in [0.4, 0.5) is 0 Å². The van der Waals surface area contributed by atoms with Gasteiger partial charge >= 0.3 is 0 Å². The Labute approximate surface area is 126 Å². The van der Waals surface area contributed by atoms with Gasteiger partial charge in [-0.05, 0) is 20.3 Å². The van der Waals surface area contributed by atoms with Gasteiger partial charge in [-0.2, -0.15) is 0 Å². The highest BCUT2D eigenvalue weighted by Gasteiger charge is 2.44. The standard InChI is InChI=1S/C13H15NO3S3/c1-4-5-6-14-12(15)10-9-7(2)18-8(3)11(9)19-13(10)20(14,16)17/h4-6H2,1-3H3. The molecule has 2 aromatic heterocycles. The Morgan fingerprint density at radius 2 is 1.85 bits per heavy atom. The molecule has 0 aliphatic carbocycles. The van der Waals surface area contributed by atoms with Crippen molar-refractivity contribution in [1.29, 1.82) is 0 Å². The molecule has 0 saturated heterocycles. The molecule has 108 valence electrons. The molecule has 0 radical (unpaired) electrons. The molecule has 7 heteroatoms. The van der Waals surface area contributed by atoms with Crippen molar-refractivity contribution >= 4 is 48.7 Å². The zero-order chi connectivity index (χ0) is 14.7. The number of sulfonamides is 1. The highest BCUT2D eigenvalue weighted by molar-refractivity contribution is 7.92. The lowest BCUT2D eigenvalue weighted by atomic mass is 10.2. The first-order valence-corrected chi connectivity index (χ1v) is 9.56. The molecule has 0 saturated carbocycles. The van der Waals surface area contributed by atoms with Gasteiger partial charge in [-0.15, -0.1) is 22.7 Å². The van der Waals surface area contributed by atoms with Gasteiger partial charge in [-0.1, -0.05) is 13.3 Å². The SMILES string of the molecule is CCCCN1C(=O)c2c(sc3c(C)sc(C)c23)S1(=O)=O. The van der Waals surface area contributed by atoms with E-state index in [0.29, 0.717) is 12.0 Å². The molecule has 1 aliphatic heterocycles. The number of unbranched alkanes of at least 4 members (excludes halogenated alkanes) is 1. The molecular formula is C13H15NO3S3. The number of rotatable bonds is 3. The molecule has 0 aromatic carbocycles. The number of hydrogen-bond donors (Lipinski definition) is 0. The number of thiophene rings is 2. The lowest BCUT2D eigenvalue weighted by Crippen LogP contribution is -2.31. The Kier molecular flexibility index (Phi) is 3.19. The Morgan fingerprint density at radius 3 is 2.50 bits per heavy atom. The quantitative estimate of drug-likeness (QED) is 0.865. The smallest absolute Gasteiger partial charge is 0.268 e. The Morgan fingerprint density at radius 1 is 1.15 bits per heavy atom. The van der Waals surface area contributed by atoms with Crippen LogP contribution < -0.4 is 0 Å². The minimum absolute atomic E-state index is 0.239. The third-order valence-electron chi connectivity index (χ3n) is 3.53.